The van der Waals surface area contributed by atoms with E-state index in [-0.39, 0.29) is 20.1 Å². The molecule has 10 rings (SSSR count). The summed E-state index contributed by atoms with van der Waals surface area (Å²) in [5.41, 5.74) is 12.6. The molecule has 0 unspecified atom stereocenters. The second kappa shape index (κ2) is 18.7. The number of rotatable bonds is 8. The predicted molar refractivity (Wildman–Crippen MR) is 275 cm³/mol. The van der Waals surface area contributed by atoms with E-state index >= 15 is 0 Å². The van der Waals surface area contributed by atoms with Crippen molar-refractivity contribution in [2.45, 2.75) is 76.5 Å². The van der Waals surface area contributed by atoms with Crippen molar-refractivity contribution in [2.75, 3.05) is 0 Å². The quantitative estimate of drug-likeness (QED) is 0.112. The summed E-state index contributed by atoms with van der Waals surface area (Å²) in [6.45, 7) is 13.1. The molecular weight excluding hydrogens is 1040 g/mol. The molecule has 3 nitrogen and oxygen atoms in total. The fourth-order valence-corrected chi connectivity index (χ4v) is 13.4. The van der Waals surface area contributed by atoms with E-state index in [1.54, 1.807) is 0 Å². The summed E-state index contributed by atoms with van der Waals surface area (Å²) in [6.07, 6.45) is 2.00. The first-order valence-corrected chi connectivity index (χ1v) is 30.3. The van der Waals surface area contributed by atoms with Crippen LogP contribution in [0.15, 0.2) is 152 Å². The van der Waals surface area contributed by atoms with Gasteiger partial charge in [0, 0.05) is 35.9 Å². The molecule has 0 aliphatic heterocycles. The van der Waals surface area contributed by atoms with Gasteiger partial charge in [0.2, 0.25) is 0 Å². The number of pyridine rings is 1. The third-order valence-electron chi connectivity index (χ3n) is 12.1. The molecule has 0 aliphatic carbocycles. The van der Waals surface area contributed by atoms with Crippen LogP contribution in [-0.4, -0.2) is 27.8 Å². The Balaban J connectivity index is 0.000000232. The smallest absolute Gasteiger partial charge is 0 e. The summed E-state index contributed by atoms with van der Waals surface area (Å²) >= 11 is -0.180. The third-order valence-corrected chi connectivity index (χ3v) is 17.5. The molecule has 323 valence electrons. The summed E-state index contributed by atoms with van der Waals surface area (Å²) < 4.78 is 14.7. The molecule has 7 aromatic carbocycles. The fraction of sp³-hybridized carbons (Fsp3) is 0.207. The Labute approximate surface area is 400 Å². The van der Waals surface area contributed by atoms with Crippen molar-refractivity contribution < 1.29 is 21.5 Å². The van der Waals surface area contributed by atoms with E-state index in [2.05, 4.69) is 188 Å². The fourth-order valence-electron chi connectivity index (χ4n) is 8.88. The van der Waals surface area contributed by atoms with Crippen LogP contribution in [0.2, 0.25) is 17.3 Å². The molecule has 0 spiro atoms. The first-order chi connectivity index (χ1) is 30.7. The van der Waals surface area contributed by atoms with Gasteiger partial charge in [0.25, 0.3) is 0 Å². The van der Waals surface area contributed by atoms with Crippen LogP contribution in [0.4, 0.5) is 0 Å². The van der Waals surface area contributed by atoms with Gasteiger partial charge in [-0.25, -0.2) is 0 Å². The van der Waals surface area contributed by atoms with Gasteiger partial charge in [-0.1, -0.05) is 130 Å². The van der Waals surface area contributed by atoms with Gasteiger partial charge < -0.3 is 4.57 Å². The third kappa shape index (κ3) is 8.68. The van der Waals surface area contributed by atoms with Gasteiger partial charge in [0.05, 0.1) is 16.9 Å². The van der Waals surface area contributed by atoms with Crippen molar-refractivity contribution in [3.63, 3.8) is 0 Å². The molecule has 64 heavy (non-hydrogen) atoms. The first-order valence-electron chi connectivity index (χ1n) is 22.6. The van der Waals surface area contributed by atoms with Crippen molar-refractivity contribution in [3.05, 3.63) is 181 Å². The minimum absolute atomic E-state index is 0. The van der Waals surface area contributed by atoms with Crippen molar-refractivity contribution >= 4 is 71.0 Å². The Morgan fingerprint density at radius 2 is 1.36 bits per heavy atom. The van der Waals surface area contributed by atoms with E-state index in [9.17, 15) is 0 Å². The molecule has 3 aromatic heterocycles. The van der Waals surface area contributed by atoms with E-state index in [0.717, 1.165) is 39.2 Å². The molecule has 0 bridgehead atoms. The van der Waals surface area contributed by atoms with Crippen LogP contribution in [-0.2, 0) is 20.1 Å². The Bertz CT molecular complexity index is 3280. The van der Waals surface area contributed by atoms with E-state index in [1.807, 2.05) is 55.6 Å². The number of aromatic nitrogens is 3. The van der Waals surface area contributed by atoms with Gasteiger partial charge >= 0.3 is 120 Å². The standard InChI is InChI=1S/C41H33N2S.C17H22GeN.Ir/c1-25(2)30-16-10-17-31(26(3)4)38(30)43-39-32-15-9-8-14-28(32)21-23-36(39)42-41(43)35-19-11-18-34-33-22-20-29(24-37(33)44-40(34)35)27-12-6-5-7-13-27;1-13(2)15-11-17(14-9-7-6-8-10-14)19-12-16(15)18(3,4)5;/h5-18,20-26H,1-4H3;6-9,11-13H,1-5H3;/q2*-1;/i;13D;. The summed E-state index contributed by atoms with van der Waals surface area (Å²) in [5, 5.41) is 4.97. The van der Waals surface area contributed by atoms with E-state index in [1.165, 1.54) is 63.3 Å². The minimum Gasteiger partial charge on any atom is 0 e. The number of para-hydroxylation sites is 1. The maximum absolute atomic E-state index is 8.44. The predicted octanol–water partition coefficient (Wildman–Crippen LogP) is 16.1. The van der Waals surface area contributed by atoms with E-state index in [0.29, 0.717) is 11.8 Å². The molecule has 0 atom stereocenters. The number of fused-ring (bicyclic) bond motifs is 6. The zero-order valence-electron chi connectivity index (χ0n) is 39.2. The number of nitrogens with zero attached hydrogens (tertiary/aromatic N) is 3. The Morgan fingerprint density at radius 1 is 0.641 bits per heavy atom. The van der Waals surface area contributed by atoms with E-state index in [4.69, 9.17) is 6.35 Å². The minimum atomic E-state index is -2.03. The molecule has 3 heterocycles. The molecule has 0 saturated carbocycles. The molecule has 6 heteroatoms. The molecule has 1 radical (unpaired) electrons. The monoisotopic (exact) mass is 1090 g/mol. The average Bonchev–Trinajstić information content (AvgIpc) is 3.87. The van der Waals surface area contributed by atoms with Gasteiger partial charge in [-0.3, -0.25) is 4.98 Å². The summed E-state index contributed by atoms with van der Waals surface area (Å²) in [5.74, 6) is 8.10. The van der Waals surface area contributed by atoms with Crippen molar-refractivity contribution in [3.8, 4) is 39.5 Å². The normalized spacial score (nSPS) is 12.2. The Kier molecular flexibility index (Phi) is 12.9. The van der Waals surface area contributed by atoms with Crippen LogP contribution in [0.25, 0.3) is 81.4 Å². The number of thiophene rings is 1. The maximum atomic E-state index is 8.44. The Hall–Kier alpha value is -5.17. The second-order valence-corrected chi connectivity index (χ2v) is 30.1. The van der Waals surface area contributed by atoms with Crippen LogP contribution < -0.4 is 4.40 Å². The largest absolute Gasteiger partial charge is 0 e. The second-order valence-electron chi connectivity index (χ2n) is 18.4. The number of hydrogen-bond acceptors (Lipinski definition) is 3. The van der Waals surface area contributed by atoms with Gasteiger partial charge in [-0.2, -0.15) is 11.3 Å². The topological polar surface area (TPSA) is 30.7 Å². The van der Waals surface area contributed by atoms with Gasteiger partial charge in [-0.15, -0.1) is 18.2 Å². The molecule has 0 fully saturated rings. The van der Waals surface area contributed by atoms with Gasteiger partial charge in [-0.05, 0) is 61.7 Å². The SMILES string of the molecule is CC(C)c1cccc(C(C)C)c1-n1c(-c2[c-]ccc3c2sc2cc(-c4ccccc4)ccc23)nc2ccc3ccccc3c21.[2H]C(C)(C)c1cc(-c2[c-]cccc2)nc[c]1[Ge]([CH3])([CH3])[CH3].[Ir]. The summed E-state index contributed by atoms with van der Waals surface area (Å²) in [7, 11) is 0. The Morgan fingerprint density at radius 3 is 2.05 bits per heavy atom. The van der Waals surface area contributed by atoms with Crippen LogP contribution in [0.5, 0.6) is 0 Å². The zero-order chi connectivity index (χ0) is 44.9. The number of hydrogen-bond donors (Lipinski definition) is 0. The molecule has 0 saturated heterocycles. The van der Waals surface area contributed by atoms with Crippen molar-refractivity contribution in [1.29, 1.82) is 0 Å². The maximum Gasteiger partial charge on any atom is 0 e. The van der Waals surface area contributed by atoms with Crippen LogP contribution in [0.1, 0.15) is 77.3 Å². The van der Waals surface area contributed by atoms with Crippen LogP contribution in [0, 0.1) is 12.1 Å². The average molecular weight is 1090 g/mol. The molecule has 0 aliphatic rings. The van der Waals surface area contributed by atoms with Crippen LogP contribution in [0.3, 0.4) is 0 Å². The van der Waals surface area contributed by atoms with Crippen molar-refractivity contribution in [1.82, 2.24) is 14.5 Å². The first kappa shape index (κ1) is 44.1. The molecule has 0 amide bonds. The zero-order valence-corrected chi connectivity index (χ0v) is 43.5. The summed E-state index contributed by atoms with van der Waals surface area (Å²) in [6, 6.07) is 58.5. The van der Waals surface area contributed by atoms with Gasteiger partial charge in [0.1, 0.15) is 0 Å². The van der Waals surface area contributed by atoms with Crippen LogP contribution >= 0.6 is 11.3 Å². The number of imidazole rings is 1. The van der Waals surface area contributed by atoms with Gasteiger partial charge in [0.15, 0.2) is 0 Å². The molecular formula is C58H55GeIrN3S-2. The van der Waals surface area contributed by atoms with E-state index < -0.39 is 19.2 Å². The molecule has 0 N–H and O–H groups in total. The summed E-state index contributed by atoms with van der Waals surface area (Å²) in [4.78, 5) is 10.1. The van der Waals surface area contributed by atoms with Crippen molar-refractivity contribution in [2.24, 2.45) is 0 Å². The molecule has 10 aromatic rings. The number of benzene rings is 7.